The Labute approximate surface area is 190 Å². The van der Waals surface area contributed by atoms with Gasteiger partial charge >= 0.3 is 0 Å². The SMILES string of the molecule is Cc1cc(Cl)cc2sc(N(CC3CCCO3)C(=O)c3ccc(SC(C)C)cc3)nc12. The largest absolute Gasteiger partial charge is 0.376 e. The minimum absolute atomic E-state index is 0.0430. The number of fused-ring (bicyclic) bond motifs is 1. The van der Waals surface area contributed by atoms with Crippen LogP contribution in [0.25, 0.3) is 10.2 Å². The molecule has 0 bridgehead atoms. The second kappa shape index (κ2) is 9.27. The van der Waals surface area contributed by atoms with Gasteiger partial charge in [-0.15, -0.1) is 11.8 Å². The van der Waals surface area contributed by atoms with E-state index in [-0.39, 0.29) is 12.0 Å². The van der Waals surface area contributed by atoms with E-state index in [2.05, 4.69) is 13.8 Å². The molecule has 2 aromatic carbocycles. The Kier molecular flexibility index (Phi) is 6.68. The minimum Gasteiger partial charge on any atom is -0.376 e. The molecule has 0 saturated carbocycles. The first-order valence-corrected chi connectivity index (χ1v) is 12.2. The van der Waals surface area contributed by atoms with Gasteiger partial charge in [0.25, 0.3) is 5.91 Å². The van der Waals surface area contributed by atoms with Crippen molar-refractivity contribution in [1.29, 1.82) is 0 Å². The molecule has 4 rings (SSSR count). The summed E-state index contributed by atoms with van der Waals surface area (Å²) in [7, 11) is 0. The quantitative estimate of drug-likeness (QED) is 0.389. The van der Waals surface area contributed by atoms with Crippen LogP contribution in [0.4, 0.5) is 5.13 Å². The number of carbonyl (C=O) groups excluding carboxylic acids is 1. The van der Waals surface area contributed by atoms with E-state index < -0.39 is 0 Å². The Morgan fingerprint density at radius 3 is 2.77 bits per heavy atom. The van der Waals surface area contributed by atoms with E-state index in [9.17, 15) is 4.79 Å². The van der Waals surface area contributed by atoms with Gasteiger partial charge in [0, 0.05) is 27.3 Å². The van der Waals surface area contributed by atoms with E-state index in [1.165, 1.54) is 11.3 Å². The van der Waals surface area contributed by atoms with Gasteiger partial charge in [-0.05, 0) is 61.7 Å². The zero-order valence-electron chi connectivity index (χ0n) is 17.4. The van der Waals surface area contributed by atoms with Gasteiger partial charge in [0.1, 0.15) is 0 Å². The molecule has 0 N–H and O–H groups in total. The topological polar surface area (TPSA) is 42.4 Å². The molecule has 1 unspecified atom stereocenters. The molecule has 0 spiro atoms. The molecule has 30 heavy (non-hydrogen) atoms. The first-order chi connectivity index (χ1) is 14.4. The molecule has 0 radical (unpaired) electrons. The van der Waals surface area contributed by atoms with Gasteiger partial charge in [-0.3, -0.25) is 9.69 Å². The van der Waals surface area contributed by atoms with Gasteiger partial charge < -0.3 is 4.74 Å². The van der Waals surface area contributed by atoms with Crippen molar-refractivity contribution in [3.63, 3.8) is 0 Å². The molecule has 3 aromatic rings. The number of hydrogen-bond acceptors (Lipinski definition) is 5. The van der Waals surface area contributed by atoms with E-state index in [1.807, 2.05) is 43.3 Å². The van der Waals surface area contributed by atoms with Crippen molar-refractivity contribution >= 4 is 56.0 Å². The van der Waals surface area contributed by atoms with Crippen LogP contribution >= 0.6 is 34.7 Å². The number of aryl methyl sites for hydroxylation is 1. The van der Waals surface area contributed by atoms with E-state index in [0.717, 1.165) is 40.1 Å². The van der Waals surface area contributed by atoms with Crippen LogP contribution in [0.3, 0.4) is 0 Å². The van der Waals surface area contributed by atoms with Crippen LogP contribution in [0.2, 0.25) is 5.02 Å². The lowest BCUT2D eigenvalue weighted by molar-refractivity contribution is 0.0917. The summed E-state index contributed by atoms with van der Waals surface area (Å²) in [6, 6.07) is 11.7. The van der Waals surface area contributed by atoms with Crippen molar-refractivity contribution in [2.45, 2.75) is 49.9 Å². The minimum atomic E-state index is -0.0468. The lowest BCUT2D eigenvalue weighted by Crippen LogP contribution is -2.37. The molecule has 1 saturated heterocycles. The predicted molar refractivity (Wildman–Crippen MR) is 127 cm³/mol. The number of hydrogen-bond donors (Lipinski definition) is 0. The molecule has 0 aliphatic carbocycles. The fraction of sp³-hybridized carbons (Fsp3) is 0.391. The highest BCUT2D eigenvalue weighted by Crippen LogP contribution is 2.34. The number of nitrogens with zero attached hydrogens (tertiary/aromatic N) is 2. The summed E-state index contributed by atoms with van der Waals surface area (Å²) in [5.41, 5.74) is 2.57. The van der Waals surface area contributed by atoms with Crippen LogP contribution < -0.4 is 4.90 Å². The number of rotatable bonds is 6. The number of ether oxygens (including phenoxy) is 1. The van der Waals surface area contributed by atoms with E-state index in [1.54, 1.807) is 16.7 Å². The molecule has 1 aromatic heterocycles. The zero-order valence-corrected chi connectivity index (χ0v) is 19.7. The highest BCUT2D eigenvalue weighted by molar-refractivity contribution is 7.99. The predicted octanol–water partition coefficient (Wildman–Crippen LogP) is 6.58. The van der Waals surface area contributed by atoms with Crippen LogP contribution in [0.1, 0.15) is 42.6 Å². The van der Waals surface area contributed by atoms with Crippen molar-refractivity contribution in [1.82, 2.24) is 4.98 Å². The number of halogens is 1. The van der Waals surface area contributed by atoms with Crippen LogP contribution in [-0.4, -0.2) is 35.4 Å². The van der Waals surface area contributed by atoms with E-state index in [4.69, 9.17) is 21.3 Å². The molecule has 1 fully saturated rings. The summed E-state index contributed by atoms with van der Waals surface area (Å²) >= 11 is 9.53. The highest BCUT2D eigenvalue weighted by Gasteiger charge is 2.27. The highest BCUT2D eigenvalue weighted by atomic mass is 35.5. The van der Waals surface area contributed by atoms with E-state index in [0.29, 0.717) is 27.5 Å². The standard InChI is InChI=1S/C23H25ClN2O2S2/c1-14(2)29-19-8-6-16(7-9-19)22(27)26(13-18-5-4-10-28-18)23-25-21-15(3)11-17(24)12-20(21)30-23/h6-9,11-12,14,18H,4-5,10,13H2,1-3H3. The van der Waals surface area contributed by atoms with Gasteiger partial charge in [0.2, 0.25) is 0 Å². The molecule has 7 heteroatoms. The molecule has 1 amide bonds. The third kappa shape index (κ3) is 4.83. The zero-order chi connectivity index (χ0) is 21.3. The maximum atomic E-state index is 13.5. The van der Waals surface area contributed by atoms with Crippen LogP contribution in [0.15, 0.2) is 41.3 Å². The number of amides is 1. The van der Waals surface area contributed by atoms with Crippen LogP contribution in [0, 0.1) is 6.92 Å². The van der Waals surface area contributed by atoms with Crippen molar-refractivity contribution in [2.24, 2.45) is 0 Å². The third-order valence-electron chi connectivity index (χ3n) is 5.00. The normalized spacial score (nSPS) is 16.5. The Hall–Kier alpha value is -1.60. The first-order valence-electron chi connectivity index (χ1n) is 10.2. The average Bonchev–Trinajstić information content (AvgIpc) is 3.35. The Bertz CT molecular complexity index is 1040. The van der Waals surface area contributed by atoms with Crippen LogP contribution in [-0.2, 0) is 4.74 Å². The number of thioether (sulfide) groups is 1. The summed E-state index contributed by atoms with van der Waals surface area (Å²) in [5.74, 6) is -0.0468. The summed E-state index contributed by atoms with van der Waals surface area (Å²) in [5, 5.41) is 1.88. The van der Waals surface area contributed by atoms with Crippen molar-refractivity contribution in [2.75, 3.05) is 18.1 Å². The molecular weight excluding hydrogens is 436 g/mol. The van der Waals surface area contributed by atoms with Gasteiger partial charge in [0.15, 0.2) is 5.13 Å². The smallest absolute Gasteiger partial charge is 0.260 e. The summed E-state index contributed by atoms with van der Waals surface area (Å²) in [6.07, 6.45) is 2.03. The van der Waals surface area contributed by atoms with Crippen LogP contribution in [0.5, 0.6) is 0 Å². The Morgan fingerprint density at radius 2 is 2.10 bits per heavy atom. The Balaban J connectivity index is 1.67. The number of carbonyl (C=O) groups is 1. The average molecular weight is 461 g/mol. The van der Waals surface area contributed by atoms with Gasteiger partial charge in [0.05, 0.1) is 22.9 Å². The van der Waals surface area contributed by atoms with Gasteiger partial charge in [-0.1, -0.05) is 36.8 Å². The molecule has 1 atom stereocenters. The fourth-order valence-corrected chi connectivity index (χ4v) is 5.87. The number of anilines is 1. The maximum Gasteiger partial charge on any atom is 0.260 e. The monoisotopic (exact) mass is 460 g/mol. The van der Waals surface area contributed by atoms with Gasteiger partial charge in [-0.2, -0.15) is 0 Å². The number of aromatic nitrogens is 1. The first kappa shape index (κ1) is 21.6. The summed E-state index contributed by atoms with van der Waals surface area (Å²) < 4.78 is 6.82. The number of thiazole rings is 1. The Morgan fingerprint density at radius 1 is 1.33 bits per heavy atom. The summed E-state index contributed by atoms with van der Waals surface area (Å²) in [6.45, 7) is 7.58. The molecule has 4 nitrogen and oxygen atoms in total. The van der Waals surface area contributed by atoms with Crippen molar-refractivity contribution in [3.05, 3.63) is 52.5 Å². The maximum absolute atomic E-state index is 13.5. The lowest BCUT2D eigenvalue weighted by atomic mass is 10.2. The lowest BCUT2D eigenvalue weighted by Gasteiger charge is -2.23. The second-order valence-electron chi connectivity index (χ2n) is 7.81. The molecule has 1 aliphatic heterocycles. The number of benzene rings is 2. The van der Waals surface area contributed by atoms with E-state index >= 15 is 0 Å². The summed E-state index contributed by atoms with van der Waals surface area (Å²) in [4.78, 5) is 21.2. The molecular formula is C23H25ClN2O2S2. The third-order valence-corrected chi connectivity index (χ3v) is 7.26. The van der Waals surface area contributed by atoms with Crippen molar-refractivity contribution in [3.8, 4) is 0 Å². The molecule has 2 heterocycles. The van der Waals surface area contributed by atoms with Gasteiger partial charge in [-0.25, -0.2) is 4.98 Å². The van der Waals surface area contributed by atoms with Crippen molar-refractivity contribution < 1.29 is 9.53 Å². The molecule has 158 valence electrons. The molecule has 1 aliphatic rings. The second-order valence-corrected chi connectivity index (χ2v) is 10.9. The fourth-order valence-electron chi connectivity index (χ4n) is 3.60.